The smallest absolute Gasteiger partial charge is 0.169 e. The summed E-state index contributed by atoms with van der Waals surface area (Å²) in [5.41, 5.74) is 0.226. The fraction of sp³-hybridized carbons (Fsp3) is 0. The molecule has 3 rings (SSSR count). The largest absolute Gasteiger partial charge is 0.226 e. The van der Waals surface area contributed by atoms with E-state index in [0.29, 0.717) is 15.9 Å². The maximum absolute atomic E-state index is 13.8. The van der Waals surface area contributed by atoms with Gasteiger partial charge in [0.25, 0.3) is 0 Å². The first-order valence-electron chi connectivity index (χ1n) is 5.74. The normalized spacial score (nSPS) is 11.1. The minimum atomic E-state index is -1.04. The molecule has 0 aliphatic heterocycles. The van der Waals surface area contributed by atoms with Crippen LogP contribution >= 0.6 is 34.8 Å². The van der Waals surface area contributed by atoms with Crippen LogP contribution in [0.4, 0.5) is 8.78 Å². The van der Waals surface area contributed by atoms with Gasteiger partial charge in [-0.05, 0) is 24.3 Å². The van der Waals surface area contributed by atoms with Gasteiger partial charge in [0.2, 0.25) is 0 Å². The zero-order valence-corrected chi connectivity index (χ0v) is 12.4. The van der Waals surface area contributed by atoms with Crippen molar-refractivity contribution in [1.29, 1.82) is 0 Å². The van der Waals surface area contributed by atoms with E-state index in [-0.39, 0.29) is 21.6 Å². The van der Waals surface area contributed by atoms with Crippen LogP contribution in [-0.4, -0.2) is 9.97 Å². The van der Waals surface area contributed by atoms with Crippen LogP contribution in [0.1, 0.15) is 0 Å². The summed E-state index contributed by atoms with van der Waals surface area (Å²) in [5.74, 6) is -2.08. The highest BCUT2D eigenvalue weighted by molar-refractivity contribution is 6.41. The van der Waals surface area contributed by atoms with Crippen LogP contribution in [0.3, 0.4) is 0 Å². The van der Waals surface area contributed by atoms with Crippen molar-refractivity contribution in [2.45, 2.75) is 0 Å². The molecule has 0 spiro atoms. The van der Waals surface area contributed by atoms with Gasteiger partial charge in [-0.15, -0.1) is 0 Å². The molecule has 0 unspecified atom stereocenters. The zero-order valence-electron chi connectivity index (χ0n) is 10.2. The van der Waals surface area contributed by atoms with E-state index in [9.17, 15) is 8.78 Å². The van der Waals surface area contributed by atoms with E-state index in [1.807, 2.05) is 0 Å². The Labute approximate surface area is 133 Å². The molecule has 0 amide bonds. The quantitative estimate of drug-likeness (QED) is 0.542. The number of nitrogens with zero attached hydrogens (tertiary/aromatic N) is 2. The van der Waals surface area contributed by atoms with Crippen LogP contribution in [0, 0.1) is 11.6 Å². The highest BCUT2D eigenvalue weighted by Gasteiger charge is 2.16. The van der Waals surface area contributed by atoms with Crippen LogP contribution in [0.15, 0.2) is 30.3 Å². The first-order chi connectivity index (χ1) is 9.97. The molecular formula is C14H5Cl3F2N2. The van der Waals surface area contributed by atoms with Crippen molar-refractivity contribution in [3.05, 3.63) is 57.2 Å². The third kappa shape index (κ3) is 2.55. The predicted octanol–water partition coefficient (Wildman–Crippen LogP) is 5.54. The van der Waals surface area contributed by atoms with Gasteiger partial charge in [-0.2, -0.15) is 0 Å². The molecule has 1 heterocycles. The molecule has 0 N–H and O–H groups in total. The highest BCUT2D eigenvalue weighted by atomic mass is 35.5. The summed E-state index contributed by atoms with van der Waals surface area (Å²) in [7, 11) is 0. The summed E-state index contributed by atoms with van der Waals surface area (Å²) in [4.78, 5) is 8.14. The lowest BCUT2D eigenvalue weighted by atomic mass is 10.1. The highest BCUT2D eigenvalue weighted by Crippen LogP contribution is 2.32. The molecule has 0 saturated carbocycles. The van der Waals surface area contributed by atoms with E-state index < -0.39 is 11.6 Å². The van der Waals surface area contributed by atoms with Gasteiger partial charge >= 0.3 is 0 Å². The number of hydrogen-bond donors (Lipinski definition) is 0. The molecule has 0 radical (unpaired) electrons. The molecule has 21 heavy (non-hydrogen) atoms. The Balaban J connectivity index is 2.33. The number of benzene rings is 2. The van der Waals surface area contributed by atoms with Crippen molar-refractivity contribution in [2.75, 3.05) is 0 Å². The average molecular weight is 346 g/mol. The molecule has 0 aliphatic carbocycles. The SMILES string of the molecule is Fc1cccc(-c2nc(Cl)c3cc(Cl)cc(Cl)c3n2)c1F. The Morgan fingerprint density at radius 2 is 1.71 bits per heavy atom. The third-order valence-electron chi connectivity index (χ3n) is 2.86. The van der Waals surface area contributed by atoms with Crippen LogP contribution in [0.2, 0.25) is 15.2 Å². The van der Waals surface area contributed by atoms with E-state index in [1.54, 1.807) is 6.07 Å². The summed E-state index contributed by atoms with van der Waals surface area (Å²) in [6.45, 7) is 0. The maximum atomic E-state index is 13.8. The minimum Gasteiger partial charge on any atom is -0.226 e. The van der Waals surface area contributed by atoms with E-state index in [4.69, 9.17) is 34.8 Å². The first kappa shape index (κ1) is 14.4. The molecule has 0 aliphatic rings. The lowest BCUT2D eigenvalue weighted by Crippen LogP contribution is -1.96. The van der Waals surface area contributed by atoms with E-state index >= 15 is 0 Å². The van der Waals surface area contributed by atoms with Gasteiger partial charge in [0.15, 0.2) is 17.5 Å². The lowest BCUT2D eigenvalue weighted by molar-refractivity contribution is 0.510. The Morgan fingerprint density at radius 1 is 0.952 bits per heavy atom. The minimum absolute atomic E-state index is 0.0475. The Kier molecular flexibility index (Phi) is 3.69. The Bertz CT molecular complexity index is 868. The Morgan fingerprint density at radius 3 is 2.48 bits per heavy atom. The number of aromatic nitrogens is 2. The van der Waals surface area contributed by atoms with Crippen molar-refractivity contribution in [2.24, 2.45) is 0 Å². The van der Waals surface area contributed by atoms with Crippen LogP contribution < -0.4 is 0 Å². The molecule has 106 valence electrons. The molecule has 0 bridgehead atoms. The second-order valence-electron chi connectivity index (χ2n) is 4.22. The number of halogens is 5. The fourth-order valence-corrected chi connectivity index (χ4v) is 2.68. The van der Waals surface area contributed by atoms with Crippen molar-refractivity contribution in [3.8, 4) is 11.4 Å². The standard InChI is InChI=1S/C14H5Cl3F2N2/c15-6-4-8-12(9(16)5-6)20-14(21-13(8)17)7-2-1-3-10(18)11(7)19/h1-5H. The van der Waals surface area contributed by atoms with Gasteiger partial charge in [-0.3, -0.25) is 0 Å². The van der Waals surface area contributed by atoms with Crippen molar-refractivity contribution in [3.63, 3.8) is 0 Å². The lowest BCUT2D eigenvalue weighted by Gasteiger charge is -2.07. The van der Waals surface area contributed by atoms with Gasteiger partial charge in [0.1, 0.15) is 5.15 Å². The summed E-state index contributed by atoms with van der Waals surface area (Å²) in [6, 6.07) is 6.77. The summed E-state index contributed by atoms with van der Waals surface area (Å²) in [6.07, 6.45) is 0. The van der Waals surface area contributed by atoms with Gasteiger partial charge in [-0.25, -0.2) is 18.7 Å². The monoisotopic (exact) mass is 344 g/mol. The molecule has 1 aromatic heterocycles. The van der Waals surface area contributed by atoms with E-state index in [1.165, 1.54) is 18.2 Å². The molecule has 0 atom stereocenters. The van der Waals surface area contributed by atoms with Gasteiger partial charge < -0.3 is 0 Å². The van der Waals surface area contributed by atoms with Crippen molar-refractivity contribution in [1.82, 2.24) is 9.97 Å². The summed E-state index contributed by atoms with van der Waals surface area (Å²) < 4.78 is 27.1. The second-order valence-corrected chi connectivity index (χ2v) is 5.42. The number of fused-ring (bicyclic) bond motifs is 1. The van der Waals surface area contributed by atoms with Crippen LogP contribution in [0.25, 0.3) is 22.3 Å². The predicted molar refractivity (Wildman–Crippen MR) is 79.9 cm³/mol. The molecule has 0 fully saturated rings. The van der Waals surface area contributed by atoms with Crippen molar-refractivity contribution < 1.29 is 8.78 Å². The topological polar surface area (TPSA) is 25.8 Å². The molecule has 2 aromatic carbocycles. The average Bonchev–Trinajstić information content (AvgIpc) is 2.43. The van der Waals surface area contributed by atoms with Gasteiger partial charge in [0, 0.05) is 10.4 Å². The van der Waals surface area contributed by atoms with Crippen LogP contribution in [-0.2, 0) is 0 Å². The molecule has 7 heteroatoms. The maximum Gasteiger partial charge on any atom is 0.169 e. The molecule has 0 saturated heterocycles. The number of rotatable bonds is 1. The second kappa shape index (κ2) is 5.37. The molecule has 2 nitrogen and oxygen atoms in total. The van der Waals surface area contributed by atoms with Gasteiger partial charge in [0.05, 0.1) is 16.1 Å². The van der Waals surface area contributed by atoms with Crippen molar-refractivity contribution >= 4 is 45.7 Å². The summed E-state index contributed by atoms with van der Waals surface area (Å²) >= 11 is 18.0. The number of hydrogen-bond acceptors (Lipinski definition) is 2. The summed E-state index contributed by atoms with van der Waals surface area (Å²) in [5, 5.41) is 1.13. The third-order valence-corrected chi connectivity index (χ3v) is 3.66. The van der Waals surface area contributed by atoms with Gasteiger partial charge in [-0.1, -0.05) is 40.9 Å². The fourth-order valence-electron chi connectivity index (χ4n) is 1.92. The van der Waals surface area contributed by atoms with E-state index in [2.05, 4.69) is 9.97 Å². The van der Waals surface area contributed by atoms with Crippen LogP contribution in [0.5, 0.6) is 0 Å². The molecular weight excluding hydrogens is 341 g/mol. The Hall–Kier alpha value is -1.49. The van der Waals surface area contributed by atoms with E-state index in [0.717, 1.165) is 6.07 Å². The molecule has 3 aromatic rings. The zero-order chi connectivity index (χ0) is 15.1. The first-order valence-corrected chi connectivity index (χ1v) is 6.87.